The lowest BCUT2D eigenvalue weighted by Crippen LogP contribution is -2.38. The van der Waals surface area contributed by atoms with Gasteiger partial charge in [0.05, 0.1) is 0 Å². The van der Waals surface area contributed by atoms with Crippen LogP contribution >= 0.6 is 0 Å². The molecule has 1 aromatic rings. The third-order valence-electron chi connectivity index (χ3n) is 3.41. The third-order valence-corrected chi connectivity index (χ3v) is 3.41. The molecule has 0 fully saturated rings. The molecule has 6 nitrogen and oxygen atoms in total. The fourth-order valence-corrected chi connectivity index (χ4v) is 2.03. The van der Waals surface area contributed by atoms with Crippen molar-refractivity contribution in [2.45, 2.75) is 65.2 Å². The predicted molar refractivity (Wildman–Crippen MR) is 90.2 cm³/mol. The van der Waals surface area contributed by atoms with Gasteiger partial charge in [-0.1, -0.05) is 45.2 Å². The monoisotopic (exact) mass is 309 g/mol. The maximum absolute atomic E-state index is 5.23. The molecule has 6 heteroatoms. The third kappa shape index (κ3) is 7.43. The number of guanidine groups is 1. The first-order valence-electron chi connectivity index (χ1n) is 8.44. The van der Waals surface area contributed by atoms with Gasteiger partial charge in [-0.05, 0) is 12.8 Å². The Labute approximate surface area is 134 Å². The van der Waals surface area contributed by atoms with Crippen molar-refractivity contribution >= 4 is 5.96 Å². The molecular weight excluding hydrogens is 278 g/mol. The summed E-state index contributed by atoms with van der Waals surface area (Å²) in [4.78, 5) is 8.59. The van der Waals surface area contributed by atoms with Crippen LogP contribution in [0.25, 0.3) is 0 Å². The predicted octanol–water partition coefficient (Wildman–Crippen LogP) is 2.87. The second-order valence-corrected chi connectivity index (χ2v) is 5.79. The molecule has 126 valence electrons. The number of nitrogens with zero attached hydrogens (tertiary/aromatic N) is 3. The van der Waals surface area contributed by atoms with Gasteiger partial charge in [0.15, 0.2) is 11.8 Å². The Morgan fingerprint density at radius 1 is 1.14 bits per heavy atom. The molecule has 0 spiro atoms. The van der Waals surface area contributed by atoms with Gasteiger partial charge in [-0.15, -0.1) is 0 Å². The lowest BCUT2D eigenvalue weighted by Gasteiger charge is -2.11. The van der Waals surface area contributed by atoms with Gasteiger partial charge in [-0.25, -0.2) is 0 Å². The summed E-state index contributed by atoms with van der Waals surface area (Å²) in [6.45, 7) is 8.16. The van der Waals surface area contributed by atoms with Crippen LogP contribution in [0.1, 0.15) is 70.5 Å². The summed E-state index contributed by atoms with van der Waals surface area (Å²) in [5.41, 5.74) is 0. The van der Waals surface area contributed by atoms with E-state index < -0.39 is 0 Å². The molecule has 0 aliphatic heterocycles. The molecule has 0 atom stereocenters. The second-order valence-electron chi connectivity index (χ2n) is 5.79. The first-order valence-corrected chi connectivity index (χ1v) is 8.44. The van der Waals surface area contributed by atoms with Crippen LogP contribution in [0.2, 0.25) is 0 Å². The summed E-state index contributed by atoms with van der Waals surface area (Å²) < 4.78 is 5.23. The van der Waals surface area contributed by atoms with E-state index >= 15 is 0 Å². The molecule has 0 aromatic carbocycles. The molecule has 0 radical (unpaired) electrons. The summed E-state index contributed by atoms with van der Waals surface area (Å²) in [7, 11) is 1.80. The molecule has 0 unspecified atom stereocenters. The van der Waals surface area contributed by atoms with Crippen molar-refractivity contribution in [3.05, 3.63) is 11.7 Å². The highest BCUT2D eigenvalue weighted by Gasteiger charge is 2.09. The van der Waals surface area contributed by atoms with E-state index in [1.54, 1.807) is 7.05 Å². The highest BCUT2D eigenvalue weighted by atomic mass is 16.5. The molecule has 1 rings (SSSR count). The van der Waals surface area contributed by atoms with Gasteiger partial charge >= 0.3 is 0 Å². The SMILES string of the molecule is CCCCCCNC(=NC)NCCCc1nc(C(C)C)no1. The van der Waals surface area contributed by atoms with E-state index in [2.05, 4.69) is 46.5 Å². The lowest BCUT2D eigenvalue weighted by atomic mass is 10.2. The van der Waals surface area contributed by atoms with Crippen LogP contribution in [0.5, 0.6) is 0 Å². The molecule has 0 saturated carbocycles. The zero-order valence-electron chi connectivity index (χ0n) is 14.5. The molecule has 0 bridgehead atoms. The molecular formula is C16H31N5O. The minimum atomic E-state index is 0.311. The first kappa shape index (κ1) is 18.5. The van der Waals surface area contributed by atoms with Crippen molar-refractivity contribution in [1.82, 2.24) is 20.8 Å². The van der Waals surface area contributed by atoms with E-state index in [1.807, 2.05) is 0 Å². The van der Waals surface area contributed by atoms with E-state index in [-0.39, 0.29) is 0 Å². The molecule has 2 N–H and O–H groups in total. The molecule has 0 saturated heterocycles. The highest BCUT2D eigenvalue weighted by Crippen LogP contribution is 2.10. The van der Waals surface area contributed by atoms with Crippen LogP contribution in [0, 0.1) is 0 Å². The minimum absolute atomic E-state index is 0.311. The molecule has 0 aliphatic rings. The van der Waals surface area contributed by atoms with E-state index in [1.165, 1.54) is 25.7 Å². The fourth-order valence-electron chi connectivity index (χ4n) is 2.03. The van der Waals surface area contributed by atoms with Crippen LogP contribution in [0.4, 0.5) is 0 Å². The molecule has 1 aromatic heterocycles. The normalized spacial score (nSPS) is 12.0. The van der Waals surface area contributed by atoms with Crippen molar-refractivity contribution in [2.75, 3.05) is 20.1 Å². The maximum atomic E-state index is 5.23. The quantitative estimate of drug-likeness (QED) is 0.395. The number of unbranched alkanes of at least 4 members (excludes halogenated alkanes) is 3. The topological polar surface area (TPSA) is 75.3 Å². The zero-order chi connectivity index (χ0) is 16.2. The summed E-state index contributed by atoms with van der Waals surface area (Å²) in [5, 5.41) is 10.6. The number of aliphatic imine (C=N–C) groups is 1. The van der Waals surface area contributed by atoms with Crippen LogP contribution in [-0.4, -0.2) is 36.2 Å². The Balaban J connectivity index is 2.13. The van der Waals surface area contributed by atoms with E-state index in [9.17, 15) is 0 Å². The second kappa shape index (κ2) is 11.0. The Hall–Kier alpha value is -1.59. The molecule has 1 heterocycles. The van der Waals surface area contributed by atoms with Gasteiger partial charge in [0, 0.05) is 32.5 Å². The smallest absolute Gasteiger partial charge is 0.226 e. The number of aryl methyl sites for hydroxylation is 1. The Morgan fingerprint density at radius 2 is 1.86 bits per heavy atom. The summed E-state index contributed by atoms with van der Waals surface area (Å²) in [6, 6.07) is 0. The molecule has 0 aliphatic carbocycles. The first-order chi connectivity index (χ1) is 10.7. The van der Waals surface area contributed by atoms with Gasteiger partial charge in [-0.3, -0.25) is 4.99 Å². The molecule has 22 heavy (non-hydrogen) atoms. The summed E-state index contributed by atoms with van der Waals surface area (Å²) in [6.07, 6.45) is 6.76. The summed E-state index contributed by atoms with van der Waals surface area (Å²) in [5.74, 6) is 2.68. The Kier molecular flexibility index (Phi) is 9.26. The minimum Gasteiger partial charge on any atom is -0.356 e. The number of hydrogen-bond acceptors (Lipinski definition) is 4. The number of hydrogen-bond donors (Lipinski definition) is 2. The average molecular weight is 309 g/mol. The molecule has 0 amide bonds. The standard InChI is InChI=1S/C16H31N5O/c1-5-6-7-8-11-18-16(17-4)19-12-9-10-14-20-15(13(2)3)21-22-14/h13H,5-12H2,1-4H3,(H2,17,18,19). The van der Waals surface area contributed by atoms with Crippen molar-refractivity contribution in [3.63, 3.8) is 0 Å². The zero-order valence-corrected chi connectivity index (χ0v) is 14.5. The fraction of sp³-hybridized carbons (Fsp3) is 0.812. The number of nitrogens with one attached hydrogen (secondary N) is 2. The highest BCUT2D eigenvalue weighted by molar-refractivity contribution is 5.79. The van der Waals surface area contributed by atoms with Crippen molar-refractivity contribution < 1.29 is 4.52 Å². The largest absolute Gasteiger partial charge is 0.356 e. The van der Waals surface area contributed by atoms with E-state index in [0.29, 0.717) is 11.8 Å². The number of aromatic nitrogens is 2. The van der Waals surface area contributed by atoms with Crippen LogP contribution in [0.15, 0.2) is 9.52 Å². The van der Waals surface area contributed by atoms with Gasteiger partial charge in [0.25, 0.3) is 0 Å². The van der Waals surface area contributed by atoms with E-state index in [4.69, 9.17) is 4.52 Å². The van der Waals surface area contributed by atoms with Crippen molar-refractivity contribution in [2.24, 2.45) is 4.99 Å². The summed E-state index contributed by atoms with van der Waals surface area (Å²) >= 11 is 0. The average Bonchev–Trinajstić information content (AvgIpc) is 2.98. The van der Waals surface area contributed by atoms with Crippen molar-refractivity contribution in [1.29, 1.82) is 0 Å². The van der Waals surface area contributed by atoms with Gasteiger partial charge in [0.2, 0.25) is 5.89 Å². The van der Waals surface area contributed by atoms with E-state index in [0.717, 1.165) is 37.7 Å². The Bertz CT molecular complexity index is 428. The Morgan fingerprint density at radius 3 is 2.45 bits per heavy atom. The van der Waals surface area contributed by atoms with Gasteiger partial charge < -0.3 is 15.2 Å². The lowest BCUT2D eigenvalue weighted by molar-refractivity contribution is 0.368. The van der Waals surface area contributed by atoms with Gasteiger partial charge in [0.1, 0.15) is 0 Å². The van der Waals surface area contributed by atoms with Gasteiger partial charge in [-0.2, -0.15) is 4.98 Å². The van der Waals surface area contributed by atoms with Crippen LogP contribution in [-0.2, 0) is 6.42 Å². The maximum Gasteiger partial charge on any atom is 0.226 e. The van der Waals surface area contributed by atoms with Crippen LogP contribution in [0.3, 0.4) is 0 Å². The van der Waals surface area contributed by atoms with Crippen LogP contribution < -0.4 is 10.6 Å². The van der Waals surface area contributed by atoms with Crippen molar-refractivity contribution in [3.8, 4) is 0 Å². The number of rotatable bonds is 10.